The molecule has 0 radical (unpaired) electrons. The molecule has 2 aliphatic rings. The van der Waals surface area contributed by atoms with Crippen molar-refractivity contribution in [2.45, 2.75) is 56.7 Å². The van der Waals surface area contributed by atoms with Crippen molar-refractivity contribution >= 4 is 23.0 Å². The van der Waals surface area contributed by atoms with Gasteiger partial charge in [0.15, 0.2) is 5.58 Å². The Morgan fingerprint density at radius 2 is 2.11 bits per heavy atom. The molecule has 2 bridgehead atoms. The number of benzene rings is 1. The third-order valence-corrected chi connectivity index (χ3v) is 6.14. The molecule has 4 rings (SSSR count). The average Bonchev–Trinajstić information content (AvgIpc) is 3.09. The quantitative estimate of drug-likeness (QED) is 0.712. The topological polar surface area (TPSA) is 79.6 Å². The summed E-state index contributed by atoms with van der Waals surface area (Å²) in [5, 5.41) is 6.41. The number of piperidine rings is 2. The standard InChI is InChI=1S/C21H30N4O3/c1-25-15-6-3-7-16(25)13-14(12-15)23-20(26)17-8-4-9-18-19(17)24-21(28-18)22-10-5-11-27-2/h4,8-9,14-16H,3,5-7,10-13H2,1-2H3,(H,22,24)(H,23,26). The van der Waals surface area contributed by atoms with Crippen molar-refractivity contribution in [1.29, 1.82) is 0 Å². The van der Waals surface area contributed by atoms with Crippen LogP contribution in [0, 0.1) is 0 Å². The van der Waals surface area contributed by atoms with E-state index >= 15 is 0 Å². The van der Waals surface area contributed by atoms with Gasteiger partial charge in [0.25, 0.3) is 11.9 Å². The molecule has 0 saturated carbocycles. The molecule has 7 nitrogen and oxygen atoms in total. The fraction of sp³-hybridized carbons (Fsp3) is 0.619. The maximum atomic E-state index is 13.0. The highest BCUT2D eigenvalue weighted by molar-refractivity contribution is 6.04. The highest BCUT2D eigenvalue weighted by atomic mass is 16.5. The highest BCUT2D eigenvalue weighted by Crippen LogP contribution is 2.33. The van der Waals surface area contributed by atoms with E-state index in [2.05, 4.69) is 27.6 Å². The lowest BCUT2D eigenvalue weighted by Crippen LogP contribution is -2.55. The molecule has 28 heavy (non-hydrogen) atoms. The SMILES string of the molecule is COCCCNc1nc2c(C(=O)NC3CC4CCCC(C3)N4C)cccc2o1. The van der Waals surface area contributed by atoms with Crippen LogP contribution in [0.2, 0.25) is 0 Å². The average molecular weight is 386 g/mol. The molecule has 0 spiro atoms. The number of anilines is 1. The van der Waals surface area contributed by atoms with Crippen LogP contribution in [0.15, 0.2) is 22.6 Å². The van der Waals surface area contributed by atoms with Crippen molar-refractivity contribution in [2.75, 3.05) is 32.6 Å². The van der Waals surface area contributed by atoms with Gasteiger partial charge in [-0.2, -0.15) is 4.98 Å². The van der Waals surface area contributed by atoms with Crippen LogP contribution in [0.3, 0.4) is 0 Å². The molecule has 152 valence electrons. The third-order valence-electron chi connectivity index (χ3n) is 6.14. The Hall–Kier alpha value is -2.12. The summed E-state index contributed by atoms with van der Waals surface area (Å²) in [5.41, 5.74) is 1.82. The van der Waals surface area contributed by atoms with Crippen LogP contribution in [0.25, 0.3) is 11.1 Å². The van der Waals surface area contributed by atoms with Gasteiger partial charge in [-0.1, -0.05) is 12.5 Å². The first-order chi connectivity index (χ1) is 13.7. The number of hydrogen-bond donors (Lipinski definition) is 2. The summed E-state index contributed by atoms with van der Waals surface area (Å²) in [5.74, 6) is -0.0579. The second-order valence-electron chi connectivity index (χ2n) is 7.99. The van der Waals surface area contributed by atoms with Crippen LogP contribution in [0.4, 0.5) is 6.01 Å². The number of ether oxygens (including phenoxy) is 1. The van der Waals surface area contributed by atoms with Gasteiger partial charge in [0, 0.05) is 38.4 Å². The van der Waals surface area contributed by atoms with Crippen LogP contribution in [0.1, 0.15) is 48.9 Å². The molecule has 2 saturated heterocycles. The zero-order valence-electron chi connectivity index (χ0n) is 16.7. The normalized spacial score (nSPS) is 25.0. The molecule has 2 aromatic rings. The highest BCUT2D eigenvalue weighted by Gasteiger charge is 2.36. The summed E-state index contributed by atoms with van der Waals surface area (Å²) in [6.07, 6.45) is 6.69. The minimum absolute atomic E-state index is 0.0579. The predicted molar refractivity (Wildman–Crippen MR) is 109 cm³/mol. The van der Waals surface area contributed by atoms with Crippen molar-refractivity contribution < 1.29 is 13.9 Å². The lowest BCUT2D eigenvalue weighted by atomic mass is 9.82. The number of carbonyl (C=O) groups excluding carboxylic acids is 1. The summed E-state index contributed by atoms with van der Waals surface area (Å²) in [7, 11) is 3.91. The second kappa shape index (κ2) is 8.49. The van der Waals surface area contributed by atoms with E-state index in [9.17, 15) is 4.79 Å². The molecule has 2 fully saturated rings. The lowest BCUT2D eigenvalue weighted by Gasteiger charge is -2.47. The number of nitrogens with one attached hydrogen (secondary N) is 2. The predicted octanol–water partition coefficient (Wildman–Crippen LogP) is 3.02. The first-order valence-corrected chi connectivity index (χ1v) is 10.3. The van der Waals surface area contributed by atoms with E-state index in [-0.39, 0.29) is 11.9 Å². The zero-order chi connectivity index (χ0) is 19.5. The van der Waals surface area contributed by atoms with Crippen LogP contribution in [0.5, 0.6) is 0 Å². The molecule has 2 unspecified atom stereocenters. The first kappa shape index (κ1) is 19.2. The molecular weight excluding hydrogens is 356 g/mol. The van der Waals surface area contributed by atoms with Crippen molar-refractivity contribution in [3.63, 3.8) is 0 Å². The van der Waals surface area contributed by atoms with Crippen LogP contribution >= 0.6 is 0 Å². The van der Waals surface area contributed by atoms with E-state index < -0.39 is 0 Å². The van der Waals surface area contributed by atoms with Gasteiger partial charge in [0.2, 0.25) is 0 Å². The second-order valence-corrected chi connectivity index (χ2v) is 7.99. The summed E-state index contributed by atoms with van der Waals surface area (Å²) in [6, 6.07) is 7.37. The Morgan fingerprint density at radius 1 is 1.32 bits per heavy atom. The number of oxazole rings is 1. The van der Waals surface area contributed by atoms with Gasteiger partial charge < -0.3 is 24.7 Å². The maximum Gasteiger partial charge on any atom is 0.295 e. The molecule has 7 heteroatoms. The largest absolute Gasteiger partial charge is 0.424 e. The van der Waals surface area contributed by atoms with E-state index in [0.29, 0.717) is 47.9 Å². The number of para-hydroxylation sites is 1. The van der Waals surface area contributed by atoms with E-state index in [0.717, 1.165) is 19.3 Å². The Balaban J connectivity index is 1.44. The third kappa shape index (κ3) is 4.00. The van der Waals surface area contributed by atoms with Crippen molar-refractivity contribution in [1.82, 2.24) is 15.2 Å². The van der Waals surface area contributed by atoms with Crippen LogP contribution < -0.4 is 10.6 Å². The number of methoxy groups -OCH3 is 1. The molecule has 1 aromatic carbocycles. The van der Waals surface area contributed by atoms with Gasteiger partial charge in [-0.05, 0) is 51.3 Å². The van der Waals surface area contributed by atoms with Gasteiger partial charge in [-0.25, -0.2) is 0 Å². The van der Waals surface area contributed by atoms with Crippen LogP contribution in [-0.2, 0) is 4.74 Å². The van der Waals surface area contributed by atoms with Gasteiger partial charge in [-0.3, -0.25) is 4.79 Å². The Bertz CT molecular complexity index is 807. The Labute approximate surface area is 165 Å². The first-order valence-electron chi connectivity index (χ1n) is 10.3. The number of hydrogen-bond acceptors (Lipinski definition) is 6. The molecule has 3 heterocycles. The lowest BCUT2D eigenvalue weighted by molar-refractivity contribution is 0.0463. The molecular formula is C21H30N4O3. The van der Waals surface area contributed by atoms with Gasteiger partial charge in [0.05, 0.1) is 5.56 Å². The van der Waals surface area contributed by atoms with Crippen molar-refractivity contribution in [2.24, 2.45) is 0 Å². The summed E-state index contributed by atoms with van der Waals surface area (Å²) in [4.78, 5) is 20.0. The number of nitrogens with zero attached hydrogens (tertiary/aromatic N) is 2. The molecule has 2 atom stereocenters. The number of fused-ring (bicyclic) bond motifs is 3. The Morgan fingerprint density at radius 3 is 2.86 bits per heavy atom. The number of rotatable bonds is 7. The summed E-state index contributed by atoms with van der Waals surface area (Å²) in [6.45, 7) is 1.39. The minimum Gasteiger partial charge on any atom is -0.424 e. The molecule has 1 aromatic heterocycles. The monoisotopic (exact) mass is 386 g/mol. The van der Waals surface area contributed by atoms with Gasteiger partial charge in [-0.15, -0.1) is 0 Å². The smallest absolute Gasteiger partial charge is 0.295 e. The summed E-state index contributed by atoms with van der Waals surface area (Å²) < 4.78 is 10.8. The van der Waals surface area contributed by atoms with Crippen LogP contribution in [-0.4, -0.2) is 61.2 Å². The number of carbonyl (C=O) groups is 1. The number of amides is 1. The van der Waals surface area contributed by atoms with E-state index in [1.165, 1.54) is 19.3 Å². The van der Waals surface area contributed by atoms with Gasteiger partial charge >= 0.3 is 0 Å². The van der Waals surface area contributed by atoms with Crippen molar-refractivity contribution in [3.05, 3.63) is 23.8 Å². The molecule has 1 amide bonds. The van der Waals surface area contributed by atoms with Crippen molar-refractivity contribution in [3.8, 4) is 0 Å². The Kier molecular flexibility index (Phi) is 5.82. The fourth-order valence-electron chi connectivity index (χ4n) is 4.62. The molecule has 2 N–H and O–H groups in total. The zero-order valence-corrected chi connectivity index (χ0v) is 16.7. The molecule has 0 aliphatic carbocycles. The fourth-order valence-corrected chi connectivity index (χ4v) is 4.62. The summed E-state index contributed by atoms with van der Waals surface area (Å²) >= 11 is 0. The van der Waals surface area contributed by atoms with Gasteiger partial charge in [0.1, 0.15) is 5.52 Å². The number of aromatic nitrogens is 1. The minimum atomic E-state index is -0.0579. The maximum absolute atomic E-state index is 13.0. The van der Waals surface area contributed by atoms with E-state index in [1.807, 2.05) is 18.2 Å². The van der Waals surface area contributed by atoms with E-state index in [4.69, 9.17) is 9.15 Å². The molecule has 2 aliphatic heterocycles. The van der Waals surface area contributed by atoms with E-state index in [1.54, 1.807) is 7.11 Å².